The average Bonchev–Trinajstić information content (AvgIpc) is 2.85. The summed E-state index contributed by atoms with van der Waals surface area (Å²) in [6.07, 6.45) is -15.9. The molecule has 13 heteroatoms. The van der Waals surface area contributed by atoms with Crippen molar-refractivity contribution in [1.29, 1.82) is 0 Å². The highest BCUT2D eigenvalue weighted by Gasteiger charge is 2.76. The Morgan fingerprint density at radius 1 is 1.04 bits per heavy atom. The second-order valence-corrected chi connectivity index (χ2v) is 4.26. The van der Waals surface area contributed by atoms with Crippen LogP contribution in [0.1, 0.15) is 6.92 Å². The van der Waals surface area contributed by atoms with E-state index in [0.29, 0.717) is 12.5 Å². The van der Waals surface area contributed by atoms with Crippen LogP contribution in [0.3, 0.4) is 0 Å². The number of aryl methyl sites for hydroxylation is 1. The molecule has 0 saturated carbocycles. The molecule has 0 saturated heterocycles. The van der Waals surface area contributed by atoms with E-state index in [1.807, 2.05) is 0 Å². The van der Waals surface area contributed by atoms with Crippen molar-refractivity contribution in [3.8, 4) is 0 Å². The van der Waals surface area contributed by atoms with E-state index < -0.39 is 30.6 Å². The number of halogens is 10. The minimum absolute atomic E-state index is 0.114. The maximum atomic E-state index is 13.5. The molecular formula is C10H9F10N2O+. The molecule has 23 heavy (non-hydrogen) atoms. The predicted molar refractivity (Wildman–Crippen MR) is 52.4 cm³/mol. The molecule has 1 aromatic heterocycles. The lowest BCUT2D eigenvalue weighted by Gasteiger charge is -2.29. The molecule has 1 rings (SSSR count). The van der Waals surface area contributed by atoms with Gasteiger partial charge in [-0.25, -0.2) is 8.96 Å². The Hall–Kier alpha value is -1.53. The van der Waals surface area contributed by atoms with Crippen molar-refractivity contribution in [3.63, 3.8) is 0 Å². The third-order valence-corrected chi connectivity index (χ3v) is 2.65. The van der Waals surface area contributed by atoms with Crippen molar-refractivity contribution >= 4 is 0 Å². The number of rotatable bonds is 6. The molecule has 0 fully saturated rings. The van der Waals surface area contributed by atoms with Crippen LogP contribution in [0, 0.1) is 0 Å². The van der Waals surface area contributed by atoms with E-state index in [1.165, 1.54) is 6.92 Å². The molecule has 0 aliphatic rings. The van der Waals surface area contributed by atoms with Crippen LogP contribution in [0.5, 0.6) is 0 Å². The van der Waals surface area contributed by atoms with Gasteiger partial charge in [0.15, 0.2) is 0 Å². The number of hydrogen-bond donors (Lipinski definition) is 0. The summed E-state index contributed by atoms with van der Waals surface area (Å²) in [5.74, 6) is -6.86. The summed E-state index contributed by atoms with van der Waals surface area (Å²) < 4.78 is 129. The topological polar surface area (TPSA) is 18.0 Å². The molecule has 0 aliphatic carbocycles. The fourth-order valence-electron chi connectivity index (χ4n) is 1.31. The maximum Gasteiger partial charge on any atom is 0.462 e. The first kappa shape index (κ1) is 19.5. The van der Waals surface area contributed by atoms with Crippen molar-refractivity contribution in [3.05, 3.63) is 18.7 Å². The SMILES string of the molecule is CC[n+]1ccn(C(F)(F)C(F)OC(F)(F)C(F)(F)C(F)(F)F)c1. The lowest BCUT2D eigenvalue weighted by atomic mass is 10.3. The molecule has 1 unspecified atom stereocenters. The molecule has 3 nitrogen and oxygen atoms in total. The van der Waals surface area contributed by atoms with Crippen LogP contribution in [0.15, 0.2) is 18.7 Å². The van der Waals surface area contributed by atoms with E-state index in [2.05, 4.69) is 4.74 Å². The first-order valence-electron chi connectivity index (χ1n) is 5.76. The minimum Gasteiger partial charge on any atom is -0.270 e. The van der Waals surface area contributed by atoms with Gasteiger partial charge in [0.1, 0.15) is 12.4 Å². The molecule has 0 radical (unpaired) electrons. The van der Waals surface area contributed by atoms with Crippen LogP contribution in [-0.2, 0) is 17.3 Å². The van der Waals surface area contributed by atoms with E-state index >= 15 is 0 Å². The molecule has 1 heterocycles. The van der Waals surface area contributed by atoms with Crippen LogP contribution in [-0.4, -0.2) is 29.1 Å². The van der Waals surface area contributed by atoms with Gasteiger partial charge in [0, 0.05) is 0 Å². The Morgan fingerprint density at radius 2 is 1.57 bits per heavy atom. The zero-order valence-electron chi connectivity index (χ0n) is 11.1. The minimum atomic E-state index is -6.86. The lowest BCUT2D eigenvalue weighted by molar-refractivity contribution is -0.693. The van der Waals surface area contributed by atoms with Crippen LogP contribution in [0.4, 0.5) is 43.9 Å². The molecule has 0 aliphatic heterocycles. The van der Waals surface area contributed by atoms with Gasteiger partial charge in [0.05, 0.1) is 6.54 Å². The zero-order chi connectivity index (χ0) is 18.3. The highest BCUT2D eigenvalue weighted by atomic mass is 19.4. The van der Waals surface area contributed by atoms with Crippen molar-refractivity contribution in [2.24, 2.45) is 0 Å². The molecule has 0 aromatic carbocycles. The summed E-state index contributed by atoms with van der Waals surface area (Å²) in [7, 11) is 0. The van der Waals surface area contributed by atoms with E-state index in [-0.39, 0.29) is 11.1 Å². The summed E-state index contributed by atoms with van der Waals surface area (Å²) in [6, 6.07) is -4.95. The summed E-state index contributed by atoms with van der Waals surface area (Å²) in [4.78, 5) is 0. The molecule has 0 amide bonds. The van der Waals surface area contributed by atoms with E-state index in [0.717, 1.165) is 10.8 Å². The van der Waals surface area contributed by atoms with E-state index in [1.54, 1.807) is 0 Å². The normalized spacial score (nSPS) is 15.8. The molecule has 0 bridgehead atoms. The van der Waals surface area contributed by atoms with E-state index in [9.17, 15) is 43.9 Å². The first-order valence-corrected chi connectivity index (χ1v) is 5.76. The second-order valence-electron chi connectivity index (χ2n) is 4.26. The largest absolute Gasteiger partial charge is 0.462 e. The van der Waals surface area contributed by atoms with Gasteiger partial charge in [-0.2, -0.15) is 44.1 Å². The molecule has 0 N–H and O–H groups in total. The highest BCUT2D eigenvalue weighted by molar-refractivity contribution is 4.86. The van der Waals surface area contributed by atoms with Crippen LogP contribution in [0.25, 0.3) is 0 Å². The standard InChI is InChI=1S/C10H9F10N2O/c1-2-21-3-4-22(5-21)7(12,13)6(11)23-10(19,20)8(14,15)9(16,17)18/h3-6H,2H2,1H3/q+1. The smallest absolute Gasteiger partial charge is 0.270 e. The van der Waals surface area contributed by atoms with Gasteiger partial charge in [-0.3, -0.25) is 4.74 Å². The predicted octanol–water partition coefficient (Wildman–Crippen LogP) is 3.45. The molecular weight excluding hydrogens is 354 g/mol. The number of nitrogens with zero attached hydrogens (tertiary/aromatic N) is 2. The molecule has 1 atom stereocenters. The fraction of sp³-hybridized carbons (Fsp3) is 0.700. The summed E-state index contributed by atoms with van der Waals surface area (Å²) >= 11 is 0. The number of aromatic nitrogens is 2. The van der Waals surface area contributed by atoms with Gasteiger partial charge in [0.2, 0.25) is 6.33 Å². The third-order valence-electron chi connectivity index (χ3n) is 2.65. The Kier molecular flexibility index (Phi) is 4.95. The third kappa shape index (κ3) is 3.53. The molecule has 0 spiro atoms. The average molecular weight is 363 g/mol. The van der Waals surface area contributed by atoms with Gasteiger partial charge in [-0.05, 0) is 6.92 Å². The van der Waals surface area contributed by atoms with Crippen LogP contribution < -0.4 is 4.57 Å². The Bertz CT molecular complexity index is 538. The molecule has 134 valence electrons. The number of imidazole rings is 1. The Balaban J connectivity index is 3.03. The Morgan fingerprint density at radius 3 is 1.96 bits per heavy atom. The van der Waals surface area contributed by atoms with Crippen LogP contribution >= 0.6 is 0 Å². The van der Waals surface area contributed by atoms with Gasteiger partial charge in [0.25, 0.3) is 0 Å². The van der Waals surface area contributed by atoms with Crippen molar-refractivity contribution in [2.75, 3.05) is 0 Å². The monoisotopic (exact) mass is 363 g/mol. The quantitative estimate of drug-likeness (QED) is 0.559. The highest BCUT2D eigenvalue weighted by Crippen LogP contribution is 2.48. The van der Waals surface area contributed by atoms with Crippen molar-refractivity contribution in [2.45, 2.75) is 44.1 Å². The summed E-state index contributed by atoms with van der Waals surface area (Å²) in [6.45, 7) is 1.59. The van der Waals surface area contributed by atoms with E-state index in [4.69, 9.17) is 0 Å². The van der Waals surface area contributed by atoms with Gasteiger partial charge in [-0.1, -0.05) is 0 Å². The number of ether oxygens (including phenoxy) is 1. The van der Waals surface area contributed by atoms with Gasteiger partial charge >= 0.3 is 30.6 Å². The zero-order valence-corrected chi connectivity index (χ0v) is 11.1. The summed E-state index contributed by atoms with van der Waals surface area (Å²) in [5, 5.41) is 0. The van der Waals surface area contributed by atoms with Crippen molar-refractivity contribution in [1.82, 2.24) is 4.57 Å². The fourth-order valence-corrected chi connectivity index (χ4v) is 1.31. The number of alkyl halides is 10. The number of hydrogen-bond acceptors (Lipinski definition) is 1. The maximum absolute atomic E-state index is 13.5. The lowest BCUT2D eigenvalue weighted by Crippen LogP contribution is -2.56. The molecule has 1 aromatic rings. The Labute approximate surface area is 122 Å². The first-order chi connectivity index (χ1) is 10.2. The summed E-state index contributed by atoms with van der Waals surface area (Å²) in [5.41, 5.74) is 0. The van der Waals surface area contributed by atoms with Crippen LogP contribution in [0.2, 0.25) is 0 Å². The van der Waals surface area contributed by atoms with Gasteiger partial charge in [-0.15, -0.1) is 0 Å². The second kappa shape index (κ2) is 5.83. The van der Waals surface area contributed by atoms with Gasteiger partial charge < -0.3 is 0 Å². The van der Waals surface area contributed by atoms with Crippen molar-refractivity contribution < 1.29 is 53.2 Å².